The van der Waals surface area contributed by atoms with E-state index in [1.807, 2.05) is 18.2 Å². The highest BCUT2D eigenvalue weighted by atomic mass is 32.1. The third kappa shape index (κ3) is 7.12. The first-order chi connectivity index (χ1) is 15.9. The Morgan fingerprint density at radius 3 is 1.91 bits per heavy atom. The third-order valence-corrected chi connectivity index (χ3v) is 6.12. The molecule has 0 N–H and O–H groups in total. The molecule has 0 aliphatic carbocycles. The largest absolute Gasteiger partial charge is 0.377 e. The van der Waals surface area contributed by atoms with E-state index < -0.39 is 0 Å². The molecule has 2 aromatic carbocycles. The van der Waals surface area contributed by atoms with Crippen LogP contribution >= 0.6 is 11.3 Å². The Labute approximate surface area is 193 Å². The van der Waals surface area contributed by atoms with Gasteiger partial charge in [-0.05, 0) is 35.9 Å². The minimum Gasteiger partial charge on any atom is -0.377 e. The molecule has 32 heavy (non-hydrogen) atoms. The number of ether oxygens (including phenoxy) is 4. The molecule has 7 heteroatoms. The number of hydrogen-bond donors (Lipinski definition) is 0. The molecule has 170 valence electrons. The quantitative estimate of drug-likeness (QED) is 0.586. The van der Waals surface area contributed by atoms with Crippen molar-refractivity contribution in [3.8, 4) is 0 Å². The fourth-order valence-electron chi connectivity index (χ4n) is 3.41. The molecule has 0 amide bonds. The van der Waals surface area contributed by atoms with Crippen molar-refractivity contribution < 1.29 is 18.9 Å². The predicted molar refractivity (Wildman–Crippen MR) is 130 cm³/mol. The number of nitrogens with zero attached hydrogens (tertiary/aromatic N) is 2. The number of hydrogen-bond acceptors (Lipinski definition) is 7. The van der Waals surface area contributed by atoms with E-state index in [2.05, 4.69) is 52.4 Å². The maximum Gasteiger partial charge on any atom is 0.117 e. The lowest BCUT2D eigenvalue weighted by Crippen LogP contribution is -2.31. The van der Waals surface area contributed by atoms with Crippen LogP contribution in [0.5, 0.6) is 0 Å². The van der Waals surface area contributed by atoms with Gasteiger partial charge in [-0.2, -0.15) is 0 Å². The van der Waals surface area contributed by atoms with Crippen molar-refractivity contribution in [2.45, 2.75) is 0 Å². The number of para-hydroxylation sites is 1. The topological polar surface area (TPSA) is 53.1 Å². The molecule has 4 rings (SSSR count). The number of benzene rings is 2. The zero-order valence-electron chi connectivity index (χ0n) is 18.3. The van der Waals surface area contributed by atoms with Gasteiger partial charge in [-0.25, -0.2) is 4.98 Å². The van der Waals surface area contributed by atoms with Crippen molar-refractivity contribution >= 4 is 39.4 Å². The second kappa shape index (κ2) is 12.7. The molecule has 0 spiro atoms. The Morgan fingerprint density at radius 2 is 1.28 bits per heavy atom. The van der Waals surface area contributed by atoms with Gasteiger partial charge in [0.1, 0.15) is 5.01 Å². The number of aromatic nitrogens is 1. The van der Waals surface area contributed by atoms with E-state index >= 15 is 0 Å². The van der Waals surface area contributed by atoms with Crippen LogP contribution in [0.25, 0.3) is 22.4 Å². The zero-order valence-corrected chi connectivity index (χ0v) is 19.1. The van der Waals surface area contributed by atoms with Crippen LogP contribution in [0.3, 0.4) is 0 Å². The highest BCUT2D eigenvalue weighted by molar-refractivity contribution is 7.19. The van der Waals surface area contributed by atoms with Crippen LogP contribution in [0.4, 0.5) is 5.69 Å². The van der Waals surface area contributed by atoms with Crippen LogP contribution in [-0.4, -0.2) is 70.9 Å². The molecule has 3 aromatic rings. The SMILES string of the molecule is C(=C\c1nc2ccccc2s1)/c1ccc(N2CCOCCOCCOCCOCC2)cc1. The monoisotopic (exact) mass is 454 g/mol. The summed E-state index contributed by atoms with van der Waals surface area (Å²) in [6.45, 7) is 6.48. The van der Waals surface area contributed by atoms with Gasteiger partial charge < -0.3 is 23.8 Å². The van der Waals surface area contributed by atoms with E-state index in [0.29, 0.717) is 52.9 Å². The summed E-state index contributed by atoms with van der Waals surface area (Å²) in [6.07, 6.45) is 4.19. The lowest BCUT2D eigenvalue weighted by atomic mass is 10.2. The van der Waals surface area contributed by atoms with Crippen LogP contribution in [-0.2, 0) is 18.9 Å². The van der Waals surface area contributed by atoms with Gasteiger partial charge in [0.15, 0.2) is 0 Å². The summed E-state index contributed by atoms with van der Waals surface area (Å²) in [5.74, 6) is 0. The molecule has 1 aliphatic rings. The number of anilines is 1. The van der Waals surface area contributed by atoms with Gasteiger partial charge in [0, 0.05) is 18.8 Å². The van der Waals surface area contributed by atoms with Crippen LogP contribution in [0, 0.1) is 0 Å². The molecular weight excluding hydrogens is 424 g/mol. The molecule has 2 heterocycles. The summed E-state index contributed by atoms with van der Waals surface area (Å²) >= 11 is 1.71. The standard InChI is InChI=1S/C25H30N2O4S/c1-2-4-24-23(3-1)26-25(32-24)10-7-21-5-8-22(9-6-21)27-11-13-28-15-17-30-19-20-31-18-16-29-14-12-27/h1-10H,11-20H2/b10-7+. The molecule has 1 fully saturated rings. The second-order valence-electron chi connectivity index (χ2n) is 7.38. The lowest BCUT2D eigenvalue weighted by molar-refractivity contribution is 0.00206. The lowest BCUT2D eigenvalue weighted by Gasteiger charge is -2.25. The normalized spacial score (nSPS) is 17.9. The molecule has 0 unspecified atom stereocenters. The zero-order chi connectivity index (χ0) is 21.8. The predicted octanol–water partition coefficient (Wildman–Crippen LogP) is 4.35. The van der Waals surface area contributed by atoms with E-state index in [9.17, 15) is 0 Å². The third-order valence-electron chi connectivity index (χ3n) is 5.11. The first-order valence-corrected chi connectivity index (χ1v) is 11.9. The number of rotatable bonds is 3. The minimum absolute atomic E-state index is 0.593. The molecule has 0 bridgehead atoms. The van der Waals surface area contributed by atoms with Gasteiger partial charge >= 0.3 is 0 Å². The average Bonchev–Trinajstić information content (AvgIpc) is 3.24. The van der Waals surface area contributed by atoms with Gasteiger partial charge in [0.05, 0.1) is 63.1 Å². The van der Waals surface area contributed by atoms with Crippen molar-refractivity contribution in [1.29, 1.82) is 0 Å². The molecule has 6 nitrogen and oxygen atoms in total. The van der Waals surface area contributed by atoms with Gasteiger partial charge in [0.25, 0.3) is 0 Å². The molecule has 1 saturated heterocycles. The van der Waals surface area contributed by atoms with E-state index in [0.717, 1.165) is 34.9 Å². The van der Waals surface area contributed by atoms with E-state index in [-0.39, 0.29) is 0 Å². The van der Waals surface area contributed by atoms with Gasteiger partial charge in [-0.1, -0.05) is 30.3 Å². The fourth-order valence-corrected chi connectivity index (χ4v) is 4.28. The minimum atomic E-state index is 0.593. The first-order valence-electron chi connectivity index (χ1n) is 11.1. The van der Waals surface area contributed by atoms with Crippen LogP contribution in [0.2, 0.25) is 0 Å². The highest BCUT2D eigenvalue weighted by Gasteiger charge is 2.07. The summed E-state index contributed by atoms with van der Waals surface area (Å²) in [5, 5.41) is 1.02. The van der Waals surface area contributed by atoms with E-state index in [1.54, 1.807) is 11.3 Å². The molecule has 0 radical (unpaired) electrons. The van der Waals surface area contributed by atoms with Crippen LogP contribution in [0.1, 0.15) is 10.6 Å². The Hall–Kier alpha value is -2.29. The van der Waals surface area contributed by atoms with E-state index in [4.69, 9.17) is 18.9 Å². The second-order valence-corrected chi connectivity index (χ2v) is 8.44. The Morgan fingerprint density at radius 1 is 0.688 bits per heavy atom. The summed E-state index contributed by atoms with van der Waals surface area (Å²) < 4.78 is 23.7. The average molecular weight is 455 g/mol. The maximum atomic E-state index is 5.73. The summed E-state index contributed by atoms with van der Waals surface area (Å²) in [5.41, 5.74) is 3.35. The molecule has 0 saturated carbocycles. The Kier molecular flexibility index (Phi) is 9.06. The first kappa shape index (κ1) is 22.9. The number of thiazole rings is 1. The van der Waals surface area contributed by atoms with Crippen molar-refractivity contribution in [3.05, 3.63) is 59.1 Å². The van der Waals surface area contributed by atoms with Gasteiger partial charge in [-0.15, -0.1) is 11.3 Å². The van der Waals surface area contributed by atoms with Gasteiger partial charge in [-0.3, -0.25) is 0 Å². The van der Waals surface area contributed by atoms with Crippen molar-refractivity contribution in [3.63, 3.8) is 0 Å². The summed E-state index contributed by atoms with van der Waals surface area (Å²) in [4.78, 5) is 6.96. The molecule has 1 aliphatic heterocycles. The van der Waals surface area contributed by atoms with Crippen molar-refractivity contribution in [1.82, 2.24) is 4.98 Å². The fraction of sp³-hybridized carbons (Fsp3) is 0.400. The smallest absolute Gasteiger partial charge is 0.117 e. The summed E-state index contributed by atoms with van der Waals surface area (Å²) in [7, 11) is 0. The van der Waals surface area contributed by atoms with Crippen molar-refractivity contribution in [2.75, 3.05) is 70.8 Å². The Bertz CT molecular complexity index is 924. The van der Waals surface area contributed by atoms with E-state index in [1.165, 1.54) is 4.70 Å². The molecule has 1 aromatic heterocycles. The molecule has 0 atom stereocenters. The van der Waals surface area contributed by atoms with Crippen LogP contribution in [0.15, 0.2) is 48.5 Å². The number of fused-ring (bicyclic) bond motifs is 1. The van der Waals surface area contributed by atoms with Crippen LogP contribution < -0.4 is 4.90 Å². The highest BCUT2D eigenvalue weighted by Crippen LogP contribution is 2.23. The Balaban J connectivity index is 1.36. The molecular formula is C25H30N2O4S. The van der Waals surface area contributed by atoms with Crippen molar-refractivity contribution in [2.24, 2.45) is 0 Å². The summed E-state index contributed by atoms with van der Waals surface area (Å²) in [6, 6.07) is 16.8. The maximum absolute atomic E-state index is 5.73. The van der Waals surface area contributed by atoms with Gasteiger partial charge in [0.2, 0.25) is 0 Å².